The maximum Gasteiger partial charge on any atom is 0.251 e. The monoisotopic (exact) mass is 221 g/mol. The molecule has 1 rings (SSSR count). The minimum Gasteiger partial charge on any atom is -0.352 e. The molecule has 0 aliphatic carbocycles. The van der Waals surface area contributed by atoms with Gasteiger partial charge < -0.3 is 5.32 Å². The highest BCUT2D eigenvalue weighted by Gasteiger charge is 2.11. The summed E-state index contributed by atoms with van der Waals surface area (Å²) in [7, 11) is 0. The van der Waals surface area contributed by atoms with E-state index in [-0.39, 0.29) is 5.91 Å². The largest absolute Gasteiger partial charge is 0.352 e. The fraction of sp³-hybridized carbons (Fsp3) is 0.308. The van der Waals surface area contributed by atoms with E-state index < -0.39 is 5.82 Å². The van der Waals surface area contributed by atoms with E-state index >= 15 is 0 Å². The molecule has 1 aromatic carbocycles. The fourth-order valence-corrected chi connectivity index (χ4v) is 1.44. The van der Waals surface area contributed by atoms with Crippen LogP contribution in [0, 0.1) is 12.7 Å². The fourth-order valence-electron chi connectivity index (χ4n) is 1.44. The predicted molar refractivity (Wildman–Crippen MR) is 63.9 cm³/mol. The quantitative estimate of drug-likeness (QED) is 0.832. The Bertz CT molecular complexity index is 413. The number of benzene rings is 1. The summed E-state index contributed by atoms with van der Waals surface area (Å²) in [5.74, 6) is -0.642. The molecule has 0 saturated carbocycles. The Hall–Kier alpha value is -1.64. The van der Waals surface area contributed by atoms with Gasteiger partial charge in [-0.2, -0.15) is 0 Å². The van der Waals surface area contributed by atoms with Crippen LogP contribution in [0.4, 0.5) is 4.39 Å². The van der Waals surface area contributed by atoms with Crippen LogP contribution >= 0.6 is 0 Å². The summed E-state index contributed by atoms with van der Waals surface area (Å²) < 4.78 is 13.5. The second kappa shape index (κ2) is 5.45. The SMILES string of the molecule is C=Cc1cc(C)c(C(=O)NCCC)cc1F. The van der Waals surface area contributed by atoms with Gasteiger partial charge >= 0.3 is 0 Å². The lowest BCUT2D eigenvalue weighted by molar-refractivity contribution is 0.0952. The maximum absolute atomic E-state index is 13.5. The van der Waals surface area contributed by atoms with E-state index in [2.05, 4.69) is 11.9 Å². The van der Waals surface area contributed by atoms with Gasteiger partial charge in [0, 0.05) is 17.7 Å². The lowest BCUT2D eigenvalue weighted by atomic mass is 10.0. The zero-order chi connectivity index (χ0) is 12.1. The van der Waals surface area contributed by atoms with Crippen LogP contribution < -0.4 is 5.32 Å². The highest BCUT2D eigenvalue weighted by Crippen LogP contribution is 2.16. The van der Waals surface area contributed by atoms with E-state index in [1.54, 1.807) is 13.0 Å². The van der Waals surface area contributed by atoms with Gasteiger partial charge in [0.1, 0.15) is 5.82 Å². The van der Waals surface area contributed by atoms with Gasteiger partial charge in [-0.05, 0) is 31.0 Å². The molecule has 0 spiro atoms. The lowest BCUT2D eigenvalue weighted by Crippen LogP contribution is -2.25. The van der Waals surface area contributed by atoms with Gasteiger partial charge in [-0.25, -0.2) is 4.39 Å². The molecule has 0 saturated heterocycles. The van der Waals surface area contributed by atoms with Crippen LogP contribution in [-0.4, -0.2) is 12.5 Å². The van der Waals surface area contributed by atoms with E-state index in [1.165, 1.54) is 12.1 Å². The molecule has 1 aromatic rings. The van der Waals surface area contributed by atoms with Crippen molar-refractivity contribution in [3.63, 3.8) is 0 Å². The zero-order valence-corrected chi connectivity index (χ0v) is 9.64. The Labute approximate surface area is 95.2 Å². The second-order valence-electron chi connectivity index (χ2n) is 3.65. The Morgan fingerprint density at radius 3 is 2.81 bits per heavy atom. The van der Waals surface area contributed by atoms with E-state index in [9.17, 15) is 9.18 Å². The number of halogens is 1. The molecule has 0 aromatic heterocycles. The number of rotatable bonds is 4. The first kappa shape index (κ1) is 12.4. The number of aryl methyl sites for hydroxylation is 1. The number of nitrogens with one attached hydrogen (secondary N) is 1. The molecule has 0 aliphatic heterocycles. The van der Waals surface area contributed by atoms with Crippen molar-refractivity contribution in [1.29, 1.82) is 0 Å². The minimum absolute atomic E-state index is 0.228. The molecule has 86 valence electrons. The van der Waals surface area contributed by atoms with Crippen LogP contribution in [0.2, 0.25) is 0 Å². The van der Waals surface area contributed by atoms with Crippen molar-refractivity contribution >= 4 is 12.0 Å². The lowest BCUT2D eigenvalue weighted by Gasteiger charge is -2.08. The molecule has 0 aliphatic rings. The van der Waals surface area contributed by atoms with Gasteiger partial charge in [0.25, 0.3) is 5.91 Å². The van der Waals surface area contributed by atoms with E-state index in [0.717, 1.165) is 12.0 Å². The first-order valence-corrected chi connectivity index (χ1v) is 5.31. The normalized spacial score (nSPS) is 9.94. The summed E-state index contributed by atoms with van der Waals surface area (Å²) in [6.45, 7) is 7.87. The number of amides is 1. The van der Waals surface area contributed by atoms with Gasteiger partial charge in [-0.3, -0.25) is 4.79 Å². The number of carbonyl (C=O) groups is 1. The third kappa shape index (κ3) is 2.69. The van der Waals surface area contributed by atoms with Crippen molar-refractivity contribution in [1.82, 2.24) is 5.32 Å². The Morgan fingerprint density at radius 1 is 1.56 bits per heavy atom. The minimum atomic E-state index is -0.415. The van der Waals surface area contributed by atoms with E-state index in [0.29, 0.717) is 17.7 Å². The molecule has 0 atom stereocenters. The van der Waals surface area contributed by atoms with Crippen molar-refractivity contribution in [2.75, 3.05) is 6.54 Å². The second-order valence-corrected chi connectivity index (χ2v) is 3.65. The van der Waals surface area contributed by atoms with Gasteiger partial charge in [0.2, 0.25) is 0 Å². The molecule has 2 nitrogen and oxygen atoms in total. The van der Waals surface area contributed by atoms with Crippen LogP contribution in [0.1, 0.15) is 34.8 Å². The Kier molecular flexibility index (Phi) is 4.23. The Morgan fingerprint density at radius 2 is 2.25 bits per heavy atom. The average Bonchev–Trinajstić information content (AvgIpc) is 2.28. The van der Waals surface area contributed by atoms with Crippen molar-refractivity contribution in [2.24, 2.45) is 0 Å². The van der Waals surface area contributed by atoms with Gasteiger partial charge in [-0.1, -0.05) is 19.6 Å². The van der Waals surface area contributed by atoms with Crippen LogP contribution in [0.3, 0.4) is 0 Å². The predicted octanol–water partition coefficient (Wildman–Crippen LogP) is 2.92. The summed E-state index contributed by atoms with van der Waals surface area (Å²) in [6.07, 6.45) is 2.30. The number of hydrogen-bond acceptors (Lipinski definition) is 1. The maximum atomic E-state index is 13.5. The zero-order valence-electron chi connectivity index (χ0n) is 9.64. The third-order valence-corrected chi connectivity index (χ3v) is 2.34. The standard InChI is InChI=1S/C13H16FNO/c1-4-6-15-13(16)11-8-12(14)10(5-2)7-9(11)3/h5,7-8H,2,4,6H2,1,3H3,(H,15,16). The first-order valence-electron chi connectivity index (χ1n) is 5.31. The van der Waals surface area contributed by atoms with Crippen LogP contribution in [-0.2, 0) is 0 Å². The molecule has 16 heavy (non-hydrogen) atoms. The van der Waals surface area contributed by atoms with Crippen LogP contribution in [0.15, 0.2) is 18.7 Å². The van der Waals surface area contributed by atoms with Crippen molar-refractivity contribution in [3.8, 4) is 0 Å². The highest BCUT2D eigenvalue weighted by molar-refractivity contribution is 5.95. The molecule has 3 heteroatoms. The molecular formula is C13H16FNO. The topological polar surface area (TPSA) is 29.1 Å². The first-order chi connectivity index (χ1) is 7.60. The van der Waals surface area contributed by atoms with E-state index in [1.807, 2.05) is 6.92 Å². The van der Waals surface area contributed by atoms with Gasteiger partial charge in [0.15, 0.2) is 0 Å². The van der Waals surface area contributed by atoms with Crippen LogP contribution in [0.25, 0.3) is 6.08 Å². The van der Waals surface area contributed by atoms with Crippen LogP contribution in [0.5, 0.6) is 0 Å². The van der Waals surface area contributed by atoms with Crippen molar-refractivity contribution < 1.29 is 9.18 Å². The van der Waals surface area contributed by atoms with Gasteiger partial charge in [-0.15, -0.1) is 0 Å². The van der Waals surface area contributed by atoms with Crippen molar-refractivity contribution in [3.05, 3.63) is 41.2 Å². The number of carbonyl (C=O) groups excluding carboxylic acids is 1. The Balaban J connectivity index is 3.01. The molecule has 1 amide bonds. The molecule has 0 bridgehead atoms. The van der Waals surface area contributed by atoms with Gasteiger partial charge in [0.05, 0.1) is 0 Å². The average molecular weight is 221 g/mol. The summed E-state index contributed by atoms with van der Waals surface area (Å²) in [6, 6.07) is 2.89. The third-order valence-electron chi connectivity index (χ3n) is 2.34. The number of hydrogen-bond donors (Lipinski definition) is 1. The molecule has 1 N–H and O–H groups in total. The summed E-state index contributed by atoms with van der Waals surface area (Å²) in [5.41, 5.74) is 1.56. The molecule has 0 fully saturated rings. The molecule has 0 heterocycles. The summed E-state index contributed by atoms with van der Waals surface area (Å²) >= 11 is 0. The van der Waals surface area contributed by atoms with E-state index in [4.69, 9.17) is 0 Å². The molecular weight excluding hydrogens is 205 g/mol. The summed E-state index contributed by atoms with van der Waals surface area (Å²) in [5, 5.41) is 2.72. The summed E-state index contributed by atoms with van der Waals surface area (Å²) in [4.78, 5) is 11.7. The molecule has 0 unspecified atom stereocenters. The smallest absolute Gasteiger partial charge is 0.251 e. The van der Waals surface area contributed by atoms with Crippen molar-refractivity contribution in [2.45, 2.75) is 20.3 Å². The molecule has 0 radical (unpaired) electrons. The highest BCUT2D eigenvalue weighted by atomic mass is 19.1.